The van der Waals surface area contributed by atoms with Crippen molar-refractivity contribution in [2.24, 2.45) is 11.8 Å². The highest BCUT2D eigenvalue weighted by molar-refractivity contribution is 5.98. The summed E-state index contributed by atoms with van der Waals surface area (Å²) in [5, 5.41) is 10.6. The van der Waals surface area contributed by atoms with Gasteiger partial charge in [0.2, 0.25) is 11.8 Å². The summed E-state index contributed by atoms with van der Waals surface area (Å²) in [5.74, 6) is -2.54. The summed E-state index contributed by atoms with van der Waals surface area (Å²) >= 11 is 0. The molecule has 0 aromatic heterocycles. The van der Waals surface area contributed by atoms with E-state index >= 15 is 0 Å². The van der Waals surface area contributed by atoms with E-state index in [2.05, 4.69) is 20.1 Å². The molecule has 3 aliphatic rings. The SMILES string of the molecule is C=CCCCCOC(=O)[C@@H]1[C@H]2C(=O)N([C@@H](CO)Cc3ccccc3)C(C(=O)N(CC=C)CCCC)C23CC[C@H]1O3. The Morgan fingerprint density at radius 3 is 2.67 bits per heavy atom. The van der Waals surface area contributed by atoms with Gasteiger partial charge < -0.3 is 24.4 Å². The Morgan fingerprint density at radius 2 is 2.00 bits per heavy atom. The third kappa shape index (κ3) is 5.75. The molecule has 2 amide bonds. The number of amides is 2. The average Bonchev–Trinajstić information content (AvgIpc) is 3.61. The number of aliphatic hydroxyl groups excluding tert-OH is 1. The molecule has 1 spiro atoms. The summed E-state index contributed by atoms with van der Waals surface area (Å²) in [7, 11) is 0. The van der Waals surface area contributed by atoms with E-state index in [0.29, 0.717) is 38.8 Å². The molecule has 2 unspecified atom stereocenters. The van der Waals surface area contributed by atoms with E-state index in [1.165, 1.54) is 0 Å². The van der Waals surface area contributed by atoms with Crippen LogP contribution in [0, 0.1) is 11.8 Å². The van der Waals surface area contributed by atoms with Gasteiger partial charge in [-0.1, -0.05) is 55.8 Å². The fourth-order valence-electron chi connectivity index (χ4n) is 6.80. The number of ether oxygens (including phenoxy) is 2. The number of carbonyl (C=O) groups excluding carboxylic acids is 3. The lowest BCUT2D eigenvalue weighted by Gasteiger charge is -2.39. The highest BCUT2D eigenvalue weighted by Crippen LogP contribution is 2.59. The van der Waals surface area contributed by atoms with E-state index in [0.717, 1.165) is 31.2 Å². The highest BCUT2D eigenvalue weighted by atomic mass is 16.6. The first-order valence-corrected chi connectivity index (χ1v) is 14.7. The Balaban J connectivity index is 1.68. The summed E-state index contributed by atoms with van der Waals surface area (Å²) < 4.78 is 12.2. The molecule has 1 N–H and O–H groups in total. The van der Waals surface area contributed by atoms with Crippen molar-refractivity contribution in [3.63, 3.8) is 0 Å². The molecular formula is C32H44N2O6. The first-order chi connectivity index (χ1) is 19.4. The van der Waals surface area contributed by atoms with E-state index in [4.69, 9.17) is 9.47 Å². The summed E-state index contributed by atoms with van der Waals surface area (Å²) in [6.07, 6.45) is 8.68. The highest BCUT2D eigenvalue weighted by Gasteiger charge is 2.75. The number of esters is 1. The molecule has 3 heterocycles. The van der Waals surface area contributed by atoms with Crippen LogP contribution >= 0.6 is 0 Å². The zero-order valence-electron chi connectivity index (χ0n) is 23.7. The monoisotopic (exact) mass is 552 g/mol. The number of hydrogen-bond donors (Lipinski definition) is 1. The second kappa shape index (κ2) is 13.6. The summed E-state index contributed by atoms with van der Waals surface area (Å²) in [4.78, 5) is 45.3. The molecular weight excluding hydrogens is 508 g/mol. The number of nitrogens with zero attached hydrogens (tertiary/aromatic N) is 2. The summed E-state index contributed by atoms with van der Waals surface area (Å²) in [6, 6.07) is 8.05. The maximum atomic E-state index is 14.3. The maximum Gasteiger partial charge on any atom is 0.312 e. The van der Waals surface area contributed by atoms with Crippen molar-refractivity contribution in [1.29, 1.82) is 0 Å². The van der Waals surface area contributed by atoms with E-state index in [1.54, 1.807) is 15.9 Å². The van der Waals surface area contributed by atoms with Gasteiger partial charge in [0.05, 0.1) is 37.2 Å². The van der Waals surface area contributed by atoms with E-state index < -0.39 is 41.6 Å². The minimum Gasteiger partial charge on any atom is -0.465 e. The molecule has 4 rings (SSSR count). The second-order valence-corrected chi connectivity index (χ2v) is 11.2. The maximum absolute atomic E-state index is 14.3. The summed E-state index contributed by atoms with van der Waals surface area (Å²) in [5.41, 5.74) is -0.175. The molecule has 8 nitrogen and oxygen atoms in total. The fourth-order valence-corrected chi connectivity index (χ4v) is 6.80. The Kier molecular flexibility index (Phi) is 10.2. The lowest BCUT2D eigenvalue weighted by atomic mass is 9.70. The first kappa shape index (κ1) is 30.0. The van der Waals surface area contributed by atoms with Crippen LogP contribution in [0.1, 0.15) is 57.4 Å². The average molecular weight is 553 g/mol. The molecule has 218 valence electrons. The van der Waals surface area contributed by atoms with E-state index in [1.807, 2.05) is 36.4 Å². The number of fused-ring (bicyclic) bond motifs is 1. The number of carbonyl (C=O) groups is 3. The normalized spacial score (nSPS) is 27.4. The molecule has 1 aromatic rings. The standard InChI is InChI=1S/C32H44N2O6/c1-4-7-9-13-20-39-31(38)26-25-16-17-32(40-25)27(26)29(36)34(24(22-35)21-23-14-11-10-12-15-23)28(32)30(37)33(18-6-3)19-8-5-2/h4,6,10-12,14-15,24-28,35H,1,3,5,7-9,13,16-22H2,2H3/t24-,25-,26+,27+,28?,32?/m1/s1. The fraction of sp³-hybridized carbons (Fsp3) is 0.594. The molecule has 3 saturated heterocycles. The van der Waals surface area contributed by atoms with Crippen LogP contribution in [0.2, 0.25) is 0 Å². The van der Waals surface area contributed by atoms with Crippen LogP contribution in [0.5, 0.6) is 0 Å². The van der Waals surface area contributed by atoms with Crippen molar-refractivity contribution in [2.75, 3.05) is 26.3 Å². The van der Waals surface area contributed by atoms with Gasteiger partial charge in [-0.15, -0.1) is 13.2 Å². The van der Waals surface area contributed by atoms with Gasteiger partial charge >= 0.3 is 5.97 Å². The quantitative estimate of drug-likeness (QED) is 0.191. The Morgan fingerprint density at radius 1 is 1.23 bits per heavy atom. The lowest BCUT2D eigenvalue weighted by Crippen LogP contribution is -2.59. The first-order valence-electron chi connectivity index (χ1n) is 14.7. The predicted octanol–water partition coefficient (Wildman–Crippen LogP) is 3.68. The van der Waals surface area contributed by atoms with Crippen molar-refractivity contribution in [3.05, 3.63) is 61.2 Å². The van der Waals surface area contributed by atoms with Crippen molar-refractivity contribution < 1.29 is 29.0 Å². The second-order valence-electron chi connectivity index (χ2n) is 11.2. The number of hydrogen-bond acceptors (Lipinski definition) is 6. The molecule has 6 atom stereocenters. The van der Waals surface area contributed by atoms with Crippen LogP contribution in [-0.2, 0) is 30.3 Å². The smallest absolute Gasteiger partial charge is 0.312 e. The minimum atomic E-state index is -1.12. The number of allylic oxidation sites excluding steroid dienone is 1. The van der Waals surface area contributed by atoms with Crippen LogP contribution < -0.4 is 0 Å². The third-order valence-electron chi connectivity index (χ3n) is 8.65. The van der Waals surface area contributed by atoms with Crippen LogP contribution in [0.4, 0.5) is 0 Å². The van der Waals surface area contributed by atoms with Crippen LogP contribution in [0.15, 0.2) is 55.6 Å². The topological polar surface area (TPSA) is 96.4 Å². The molecule has 0 aliphatic carbocycles. The Hall–Kier alpha value is -2.97. The molecule has 3 aliphatic heterocycles. The Bertz CT molecular complexity index is 1060. The van der Waals surface area contributed by atoms with Crippen molar-refractivity contribution in [2.45, 2.75) is 82.1 Å². The third-order valence-corrected chi connectivity index (χ3v) is 8.65. The van der Waals surface area contributed by atoms with Gasteiger partial charge in [0, 0.05) is 13.1 Å². The number of unbranched alkanes of at least 4 members (excludes halogenated alkanes) is 3. The number of benzene rings is 1. The van der Waals surface area contributed by atoms with Crippen LogP contribution in [-0.4, -0.2) is 82.8 Å². The van der Waals surface area contributed by atoms with Gasteiger partial charge in [0.25, 0.3) is 0 Å². The van der Waals surface area contributed by atoms with Gasteiger partial charge in [-0.2, -0.15) is 0 Å². The number of likely N-dealkylation sites (tertiary alicyclic amines) is 1. The van der Waals surface area contributed by atoms with Gasteiger partial charge in [0.1, 0.15) is 11.6 Å². The van der Waals surface area contributed by atoms with Crippen molar-refractivity contribution in [1.82, 2.24) is 9.80 Å². The van der Waals surface area contributed by atoms with E-state index in [-0.39, 0.29) is 25.0 Å². The number of rotatable bonds is 16. The largest absolute Gasteiger partial charge is 0.465 e. The van der Waals surface area contributed by atoms with Crippen molar-refractivity contribution >= 4 is 17.8 Å². The Labute approximate surface area is 238 Å². The zero-order valence-corrected chi connectivity index (χ0v) is 23.7. The number of aliphatic hydroxyl groups is 1. The molecule has 1 aromatic carbocycles. The lowest BCUT2D eigenvalue weighted by molar-refractivity contribution is -0.156. The predicted molar refractivity (Wildman–Crippen MR) is 152 cm³/mol. The zero-order chi connectivity index (χ0) is 28.7. The van der Waals surface area contributed by atoms with E-state index in [9.17, 15) is 19.5 Å². The van der Waals surface area contributed by atoms with Gasteiger partial charge in [0.15, 0.2) is 0 Å². The van der Waals surface area contributed by atoms with Crippen molar-refractivity contribution in [3.8, 4) is 0 Å². The van der Waals surface area contributed by atoms with Crippen LogP contribution in [0.3, 0.4) is 0 Å². The molecule has 0 radical (unpaired) electrons. The molecule has 8 heteroatoms. The van der Waals surface area contributed by atoms with Gasteiger partial charge in [-0.25, -0.2) is 0 Å². The molecule has 0 saturated carbocycles. The molecule has 2 bridgehead atoms. The van der Waals surface area contributed by atoms with Gasteiger partial charge in [-0.05, 0) is 50.5 Å². The van der Waals surface area contributed by atoms with Gasteiger partial charge in [-0.3, -0.25) is 14.4 Å². The molecule has 3 fully saturated rings. The summed E-state index contributed by atoms with van der Waals surface area (Å²) in [6.45, 7) is 10.5. The van der Waals surface area contributed by atoms with Crippen LogP contribution in [0.25, 0.3) is 0 Å². The minimum absolute atomic E-state index is 0.213. The molecule has 40 heavy (non-hydrogen) atoms.